The second-order valence-electron chi connectivity index (χ2n) is 7.20. The summed E-state index contributed by atoms with van der Waals surface area (Å²) in [5, 5.41) is 5.23. The van der Waals surface area contributed by atoms with Gasteiger partial charge in [-0.15, -0.1) is 0 Å². The Bertz CT molecular complexity index is 594. The van der Waals surface area contributed by atoms with Gasteiger partial charge >= 0.3 is 6.09 Å². The van der Waals surface area contributed by atoms with Crippen LogP contribution in [-0.4, -0.2) is 36.0 Å². The molecular formula is C20H30N2O4. The van der Waals surface area contributed by atoms with Gasteiger partial charge < -0.3 is 15.4 Å². The zero-order valence-corrected chi connectivity index (χ0v) is 16.1. The molecule has 0 heterocycles. The monoisotopic (exact) mass is 362 g/mol. The van der Waals surface area contributed by atoms with Crippen molar-refractivity contribution in [2.75, 3.05) is 6.54 Å². The SMILES string of the molecule is CCCCC[C@H](NC(=O)OC(C)(C)C)C(=O)NCC(=O)c1ccccc1. The number of Topliss-reactive ketones (excluding diaryl/α,β-unsaturated/α-hetero) is 1. The molecule has 144 valence electrons. The molecular weight excluding hydrogens is 332 g/mol. The first-order valence-corrected chi connectivity index (χ1v) is 9.08. The highest BCUT2D eigenvalue weighted by atomic mass is 16.6. The molecule has 1 atom stereocenters. The number of carbonyl (C=O) groups excluding carboxylic acids is 3. The maximum absolute atomic E-state index is 12.4. The molecule has 0 saturated heterocycles. The molecule has 6 nitrogen and oxygen atoms in total. The van der Waals surface area contributed by atoms with Gasteiger partial charge in [-0.2, -0.15) is 0 Å². The number of hydrogen-bond donors (Lipinski definition) is 2. The molecule has 2 amide bonds. The molecule has 0 bridgehead atoms. The first kappa shape index (κ1) is 21.7. The van der Waals surface area contributed by atoms with E-state index in [0.29, 0.717) is 12.0 Å². The number of benzene rings is 1. The topological polar surface area (TPSA) is 84.5 Å². The van der Waals surface area contributed by atoms with E-state index in [9.17, 15) is 14.4 Å². The highest BCUT2D eigenvalue weighted by molar-refractivity contribution is 6.00. The van der Waals surface area contributed by atoms with Gasteiger partial charge in [-0.25, -0.2) is 4.79 Å². The molecule has 0 fully saturated rings. The largest absolute Gasteiger partial charge is 0.444 e. The van der Waals surface area contributed by atoms with Gasteiger partial charge in [0.15, 0.2) is 5.78 Å². The zero-order chi connectivity index (χ0) is 19.6. The van der Waals surface area contributed by atoms with Crippen LogP contribution in [0.5, 0.6) is 0 Å². The summed E-state index contributed by atoms with van der Waals surface area (Å²) in [6, 6.07) is 8.04. The Kier molecular flexibility index (Phi) is 8.82. The second kappa shape index (κ2) is 10.6. The first-order valence-electron chi connectivity index (χ1n) is 9.08. The zero-order valence-electron chi connectivity index (χ0n) is 16.1. The van der Waals surface area contributed by atoms with E-state index in [4.69, 9.17) is 4.74 Å². The summed E-state index contributed by atoms with van der Waals surface area (Å²) in [6.07, 6.45) is 2.63. The second-order valence-corrected chi connectivity index (χ2v) is 7.20. The molecule has 1 aromatic rings. The molecule has 26 heavy (non-hydrogen) atoms. The molecule has 0 radical (unpaired) electrons. The number of ether oxygens (including phenoxy) is 1. The number of amides is 2. The van der Waals surface area contributed by atoms with Crippen molar-refractivity contribution in [3.8, 4) is 0 Å². The predicted molar refractivity (Wildman–Crippen MR) is 101 cm³/mol. The number of carbonyl (C=O) groups is 3. The molecule has 0 unspecified atom stereocenters. The molecule has 0 spiro atoms. The standard InChI is InChI=1S/C20H30N2O4/c1-5-6-8-13-16(22-19(25)26-20(2,3)4)18(24)21-14-17(23)15-11-9-7-10-12-15/h7,9-12,16H,5-6,8,13-14H2,1-4H3,(H,21,24)(H,22,25)/t16-/m0/s1. The lowest BCUT2D eigenvalue weighted by atomic mass is 10.1. The van der Waals surface area contributed by atoms with Crippen LogP contribution in [0.25, 0.3) is 0 Å². The summed E-state index contributed by atoms with van der Waals surface area (Å²) in [7, 11) is 0. The minimum atomic E-state index is -0.722. The van der Waals surface area contributed by atoms with Crippen molar-refractivity contribution < 1.29 is 19.1 Å². The summed E-state index contributed by atoms with van der Waals surface area (Å²) in [5.41, 5.74) is -0.104. The van der Waals surface area contributed by atoms with Crippen LogP contribution in [0.15, 0.2) is 30.3 Å². The van der Waals surface area contributed by atoms with E-state index in [0.717, 1.165) is 19.3 Å². The molecule has 0 aliphatic rings. The fourth-order valence-corrected chi connectivity index (χ4v) is 2.33. The van der Waals surface area contributed by atoms with Crippen LogP contribution < -0.4 is 10.6 Å². The fourth-order valence-electron chi connectivity index (χ4n) is 2.33. The van der Waals surface area contributed by atoms with Gasteiger partial charge in [-0.05, 0) is 27.2 Å². The van der Waals surface area contributed by atoms with Gasteiger partial charge in [0.1, 0.15) is 11.6 Å². The lowest BCUT2D eigenvalue weighted by molar-refractivity contribution is -0.123. The molecule has 0 aromatic heterocycles. The molecule has 0 aliphatic carbocycles. The molecule has 2 N–H and O–H groups in total. The van der Waals surface area contributed by atoms with E-state index in [1.807, 2.05) is 6.07 Å². The summed E-state index contributed by atoms with van der Waals surface area (Å²) in [5.74, 6) is -0.556. The van der Waals surface area contributed by atoms with Crippen LogP contribution in [-0.2, 0) is 9.53 Å². The van der Waals surface area contributed by atoms with Crippen molar-refractivity contribution >= 4 is 17.8 Å². The van der Waals surface area contributed by atoms with Crippen LogP contribution in [0, 0.1) is 0 Å². The maximum atomic E-state index is 12.4. The summed E-state index contributed by atoms with van der Waals surface area (Å²) >= 11 is 0. The van der Waals surface area contributed by atoms with Crippen LogP contribution in [0.3, 0.4) is 0 Å². The normalized spacial score (nSPS) is 12.2. The Morgan fingerprint density at radius 2 is 1.73 bits per heavy atom. The number of nitrogens with one attached hydrogen (secondary N) is 2. The minimum absolute atomic E-state index is 0.108. The summed E-state index contributed by atoms with van der Waals surface area (Å²) in [6.45, 7) is 7.24. The molecule has 1 rings (SSSR count). The highest BCUT2D eigenvalue weighted by Gasteiger charge is 2.24. The van der Waals surface area contributed by atoms with E-state index in [1.165, 1.54) is 0 Å². The van der Waals surface area contributed by atoms with E-state index < -0.39 is 17.7 Å². The Morgan fingerprint density at radius 3 is 2.31 bits per heavy atom. The average Bonchev–Trinajstić information content (AvgIpc) is 2.57. The van der Waals surface area contributed by atoms with E-state index in [2.05, 4.69) is 17.6 Å². The Labute approximate surface area is 155 Å². The third-order valence-electron chi connectivity index (χ3n) is 3.62. The van der Waals surface area contributed by atoms with Crippen LogP contribution in [0.2, 0.25) is 0 Å². The van der Waals surface area contributed by atoms with Crippen molar-refractivity contribution in [2.45, 2.75) is 65.0 Å². The quantitative estimate of drug-likeness (QED) is 0.520. The molecule has 0 saturated carbocycles. The summed E-state index contributed by atoms with van der Waals surface area (Å²) in [4.78, 5) is 36.5. The van der Waals surface area contributed by atoms with Gasteiger partial charge in [0.05, 0.1) is 6.54 Å². The van der Waals surface area contributed by atoms with Gasteiger partial charge in [0, 0.05) is 5.56 Å². The number of hydrogen-bond acceptors (Lipinski definition) is 4. The number of unbranched alkanes of at least 4 members (excludes halogenated alkanes) is 2. The van der Waals surface area contributed by atoms with Crippen molar-refractivity contribution in [1.29, 1.82) is 0 Å². The maximum Gasteiger partial charge on any atom is 0.408 e. The molecule has 6 heteroatoms. The van der Waals surface area contributed by atoms with Gasteiger partial charge in [-0.3, -0.25) is 9.59 Å². The van der Waals surface area contributed by atoms with Crippen LogP contribution in [0.1, 0.15) is 63.7 Å². The van der Waals surface area contributed by atoms with Gasteiger partial charge in [-0.1, -0.05) is 56.5 Å². The van der Waals surface area contributed by atoms with E-state index in [1.54, 1.807) is 45.0 Å². The van der Waals surface area contributed by atoms with Gasteiger partial charge in [0.25, 0.3) is 0 Å². The van der Waals surface area contributed by atoms with E-state index >= 15 is 0 Å². The lowest BCUT2D eigenvalue weighted by Gasteiger charge is -2.23. The predicted octanol–water partition coefficient (Wildman–Crippen LogP) is 3.46. The first-order chi connectivity index (χ1) is 12.2. The van der Waals surface area contributed by atoms with Gasteiger partial charge in [0.2, 0.25) is 5.91 Å². The van der Waals surface area contributed by atoms with Crippen molar-refractivity contribution in [3.63, 3.8) is 0 Å². The Hall–Kier alpha value is -2.37. The van der Waals surface area contributed by atoms with Crippen LogP contribution in [0.4, 0.5) is 4.79 Å². The number of rotatable bonds is 9. The van der Waals surface area contributed by atoms with Crippen LogP contribution >= 0.6 is 0 Å². The summed E-state index contributed by atoms with van der Waals surface area (Å²) < 4.78 is 5.22. The minimum Gasteiger partial charge on any atom is -0.444 e. The molecule has 1 aromatic carbocycles. The van der Waals surface area contributed by atoms with Crippen molar-refractivity contribution in [2.24, 2.45) is 0 Å². The smallest absolute Gasteiger partial charge is 0.408 e. The highest BCUT2D eigenvalue weighted by Crippen LogP contribution is 2.09. The Balaban J connectivity index is 2.62. The van der Waals surface area contributed by atoms with E-state index in [-0.39, 0.29) is 18.2 Å². The lowest BCUT2D eigenvalue weighted by Crippen LogP contribution is -2.49. The third-order valence-corrected chi connectivity index (χ3v) is 3.62. The number of alkyl carbamates (subject to hydrolysis) is 1. The molecule has 0 aliphatic heterocycles. The third kappa shape index (κ3) is 8.65. The Morgan fingerprint density at radius 1 is 1.08 bits per heavy atom. The average molecular weight is 362 g/mol. The van der Waals surface area contributed by atoms with Crippen molar-refractivity contribution in [1.82, 2.24) is 10.6 Å². The van der Waals surface area contributed by atoms with Crippen molar-refractivity contribution in [3.05, 3.63) is 35.9 Å². The number of ketones is 1. The fraction of sp³-hybridized carbons (Fsp3) is 0.550.